The molecule has 230 valence electrons. The summed E-state index contributed by atoms with van der Waals surface area (Å²) < 4.78 is 27.5. The molecule has 5 amide bonds. The van der Waals surface area contributed by atoms with E-state index in [0.717, 1.165) is 11.3 Å². The second kappa shape index (κ2) is 14.6. The number of anilines is 2. The third-order valence-corrected chi connectivity index (χ3v) is 6.28. The van der Waals surface area contributed by atoms with Gasteiger partial charge in [0.15, 0.2) is 29.6 Å². The molecule has 0 bridgehead atoms. The van der Waals surface area contributed by atoms with E-state index < -0.39 is 23.8 Å². The van der Waals surface area contributed by atoms with Crippen LogP contribution in [-0.4, -0.2) is 57.8 Å². The highest BCUT2D eigenvalue weighted by atomic mass is 16.5. The average Bonchev–Trinajstić information content (AvgIpc) is 3.02. The van der Waals surface area contributed by atoms with Gasteiger partial charge in [-0.15, -0.1) is 0 Å². The molecule has 0 aliphatic carbocycles. The van der Waals surface area contributed by atoms with Crippen LogP contribution in [0.25, 0.3) is 6.08 Å². The summed E-state index contributed by atoms with van der Waals surface area (Å²) in [5.74, 6) is -0.0391. The predicted octanol–water partition coefficient (Wildman–Crippen LogP) is 4.58. The second-order valence-corrected chi connectivity index (χ2v) is 9.35. The number of nitrogens with zero attached hydrogens (tertiary/aromatic N) is 1. The van der Waals surface area contributed by atoms with Crippen molar-refractivity contribution < 1.29 is 42.9 Å². The van der Waals surface area contributed by atoms with Crippen molar-refractivity contribution in [3.8, 4) is 28.7 Å². The van der Waals surface area contributed by atoms with Crippen LogP contribution in [0.5, 0.6) is 28.7 Å². The van der Waals surface area contributed by atoms with Crippen LogP contribution in [0.2, 0.25) is 0 Å². The topological polar surface area (TPSA) is 142 Å². The van der Waals surface area contributed by atoms with Gasteiger partial charge in [0, 0.05) is 11.8 Å². The molecule has 3 aromatic rings. The summed E-state index contributed by atoms with van der Waals surface area (Å²) in [6.45, 7) is 4.28. The van der Waals surface area contributed by atoms with Crippen LogP contribution in [0.4, 0.5) is 16.2 Å². The number of nitrogens with one attached hydrogen (secondary N) is 2. The van der Waals surface area contributed by atoms with E-state index in [1.54, 1.807) is 62.6 Å². The number of hydrogen-bond acceptors (Lipinski definition) is 9. The van der Waals surface area contributed by atoms with E-state index in [1.807, 2.05) is 6.92 Å². The predicted molar refractivity (Wildman–Crippen MR) is 163 cm³/mol. The zero-order chi connectivity index (χ0) is 31.6. The first-order valence-electron chi connectivity index (χ1n) is 13.8. The van der Waals surface area contributed by atoms with Gasteiger partial charge in [0.1, 0.15) is 11.3 Å². The summed E-state index contributed by atoms with van der Waals surface area (Å²) in [6.07, 6.45) is 2.12. The van der Waals surface area contributed by atoms with Crippen molar-refractivity contribution in [3.63, 3.8) is 0 Å². The lowest BCUT2D eigenvalue weighted by molar-refractivity contribution is -0.122. The zero-order valence-corrected chi connectivity index (χ0v) is 24.8. The molecule has 0 radical (unpaired) electrons. The maximum atomic E-state index is 13.5. The Kier molecular flexibility index (Phi) is 10.4. The normalized spacial score (nSPS) is 13.8. The molecule has 0 aromatic heterocycles. The summed E-state index contributed by atoms with van der Waals surface area (Å²) >= 11 is 0. The molecule has 3 aromatic carbocycles. The van der Waals surface area contributed by atoms with Crippen LogP contribution in [-0.2, 0) is 14.4 Å². The number of ether oxygens (including phenoxy) is 5. The number of benzene rings is 3. The standard InChI is InChI=1S/C32H33N3O9/c1-5-15-43-26-14-10-22(18-28(26)42-6-2)35-31(38)24(30(37)34-32(35)39)16-20-7-13-25(27(17-20)41-4)44-19-29(36)33-21-8-11-23(40-3)12-9-21/h7-14,16-18H,5-6,15,19H2,1-4H3,(H,33,36)(H,34,37,39)/b24-16+. The number of hydrogen-bond donors (Lipinski definition) is 2. The van der Waals surface area contributed by atoms with Crippen LogP contribution < -0.4 is 39.2 Å². The number of carbonyl (C=O) groups excluding carboxylic acids is 4. The first kappa shape index (κ1) is 31.4. The number of methoxy groups -OCH3 is 2. The molecule has 0 unspecified atom stereocenters. The number of urea groups is 1. The second-order valence-electron chi connectivity index (χ2n) is 9.35. The van der Waals surface area contributed by atoms with Gasteiger partial charge in [0.2, 0.25) is 0 Å². The third-order valence-electron chi connectivity index (χ3n) is 6.28. The number of imide groups is 2. The minimum absolute atomic E-state index is 0.201. The van der Waals surface area contributed by atoms with E-state index in [4.69, 9.17) is 23.7 Å². The maximum Gasteiger partial charge on any atom is 0.335 e. The fraction of sp³-hybridized carbons (Fsp3) is 0.250. The van der Waals surface area contributed by atoms with Crippen LogP contribution in [0.15, 0.2) is 66.2 Å². The van der Waals surface area contributed by atoms with Crippen LogP contribution in [0.3, 0.4) is 0 Å². The Bertz CT molecular complexity index is 1570. The van der Waals surface area contributed by atoms with Gasteiger partial charge in [-0.3, -0.25) is 19.7 Å². The molecule has 0 spiro atoms. The summed E-state index contributed by atoms with van der Waals surface area (Å²) in [5.41, 5.74) is 0.921. The van der Waals surface area contributed by atoms with Gasteiger partial charge in [-0.2, -0.15) is 0 Å². The summed E-state index contributed by atoms with van der Waals surface area (Å²) in [5, 5.41) is 4.93. The highest BCUT2D eigenvalue weighted by Crippen LogP contribution is 2.34. The highest BCUT2D eigenvalue weighted by Gasteiger charge is 2.37. The van der Waals surface area contributed by atoms with Gasteiger partial charge >= 0.3 is 6.03 Å². The number of amides is 5. The Balaban J connectivity index is 1.51. The van der Waals surface area contributed by atoms with Crippen LogP contribution in [0, 0.1) is 0 Å². The molecule has 4 rings (SSSR count). The van der Waals surface area contributed by atoms with Crippen LogP contribution >= 0.6 is 0 Å². The lowest BCUT2D eigenvalue weighted by Crippen LogP contribution is -2.54. The maximum absolute atomic E-state index is 13.5. The Morgan fingerprint density at radius 2 is 1.57 bits per heavy atom. The summed E-state index contributed by atoms with van der Waals surface area (Å²) in [7, 11) is 2.97. The van der Waals surface area contributed by atoms with E-state index in [-0.39, 0.29) is 29.4 Å². The molecular formula is C32H33N3O9. The average molecular weight is 604 g/mol. The van der Waals surface area contributed by atoms with Gasteiger partial charge in [-0.1, -0.05) is 13.0 Å². The molecule has 12 nitrogen and oxygen atoms in total. The Morgan fingerprint density at radius 3 is 2.25 bits per heavy atom. The molecule has 2 N–H and O–H groups in total. The van der Waals surface area contributed by atoms with Gasteiger partial charge in [0.25, 0.3) is 17.7 Å². The molecule has 0 saturated carbocycles. The molecule has 1 aliphatic rings. The fourth-order valence-electron chi connectivity index (χ4n) is 4.20. The smallest absolute Gasteiger partial charge is 0.335 e. The van der Waals surface area contributed by atoms with E-state index in [0.29, 0.717) is 41.7 Å². The van der Waals surface area contributed by atoms with E-state index in [2.05, 4.69) is 10.6 Å². The Labute approximate surface area is 254 Å². The Morgan fingerprint density at radius 1 is 0.841 bits per heavy atom. The summed E-state index contributed by atoms with van der Waals surface area (Å²) in [4.78, 5) is 52.2. The van der Waals surface area contributed by atoms with Crippen molar-refractivity contribution in [2.24, 2.45) is 0 Å². The zero-order valence-electron chi connectivity index (χ0n) is 24.8. The van der Waals surface area contributed by atoms with Crippen molar-refractivity contribution in [3.05, 3.63) is 71.8 Å². The van der Waals surface area contributed by atoms with E-state index in [1.165, 1.54) is 25.3 Å². The number of carbonyl (C=O) groups is 4. The van der Waals surface area contributed by atoms with E-state index >= 15 is 0 Å². The molecule has 1 heterocycles. The first-order chi connectivity index (χ1) is 21.3. The van der Waals surface area contributed by atoms with Crippen molar-refractivity contribution >= 4 is 41.2 Å². The monoisotopic (exact) mass is 603 g/mol. The fourth-order valence-corrected chi connectivity index (χ4v) is 4.20. The molecule has 12 heteroatoms. The molecule has 0 atom stereocenters. The minimum Gasteiger partial charge on any atom is -0.497 e. The van der Waals surface area contributed by atoms with Crippen molar-refractivity contribution in [2.75, 3.05) is 44.3 Å². The molecule has 1 saturated heterocycles. The molecular weight excluding hydrogens is 570 g/mol. The highest BCUT2D eigenvalue weighted by molar-refractivity contribution is 6.39. The number of barbiturate groups is 1. The van der Waals surface area contributed by atoms with Gasteiger partial charge in [-0.25, -0.2) is 9.69 Å². The Hall–Kier alpha value is -5.52. The SMILES string of the molecule is CCCOc1ccc(N2C(=O)NC(=O)/C(=C\c3ccc(OCC(=O)Nc4ccc(OC)cc4)c(OC)c3)C2=O)cc1OCC. The van der Waals surface area contributed by atoms with E-state index in [9.17, 15) is 19.2 Å². The lowest BCUT2D eigenvalue weighted by Gasteiger charge is -2.27. The first-order valence-corrected chi connectivity index (χ1v) is 13.8. The largest absolute Gasteiger partial charge is 0.497 e. The van der Waals surface area contributed by atoms with Crippen molar-refractivity contribution in [2.45, 2.75) is 20.3 Å². The van der Waals surface area contributed by atoms with Gasteiger partial charge in [0.05, 0.1) is 33.1 Å². The quantitative estimate of drug-likeness (QED) is 0.212. The third kappa shape index (κ3) is 7.46. The van der Waals surface area contributed by atoms with Gasteiger partial charge < -0.3 is 29.0 Å². The number of rotatable bonds is 13. The molecule has 1 aliphatic heterocycles. The van der Waals surface area contributed by atoms with Crippen molar-refractivity contribution in [1.29, 1.82) is 0 Å². The lowest BCUT2D eigenvalue weighted by atomic mass is 10.1. The van der Waals surface area contributed by atoms with Crippen molar-refractivity contribution in [1.82, 2.24) is 5.32 Å². The van der Waals surface area contributed by atoms with Crippen LogP contribution in [0.1, 0.15) is 25.8 Å². The molecule has 44 heavy (non-hydrogen) atoms. The minimum atomic E-state index is -0.893. The molecule has 1 fully saturated rings. The summed E-state index contributed by atoms with van der Waals surface area (Å²) in [6, 6.07) is 15.3. The van der Waals surface area contributed by atoms with Gasteiger partial charge in [-0.05, 0) is 73.5 Å².